The highest BCUT2D eigenvalue weighted by atomic mass is 79.9. The van der Waals surface area contributed by atoms with Gasteiger partial charge in [0.25, 0.3) is 0 Å². The Morgan fingerprint density at radius 2 is 2.17 bits per heavy atom. The van der Waals surface area contributed by atoms with Gasteiger partial charge in [0.1, 0.15) is 4.90 Å². The summed E-state index contributed by atoms with van der Waals surface area (Å²) < 4.78 is 31.8. The summed E-state index contributed by atoms with van der Waals surface area (Å²) >= 11 is 9.00. The predicted octanol–water partition coefficient (Wildman–Crippen LogP) is 1.77. The third-order valence-corrected chi connectivity index (χ3v) is 4.27. The minimum Gasteiger partial charge on any atom is -0.494 e. The van der Waals surface area contributed by atoms with Gasteiger partial charge in [-0.3, -0.25) is 0 Å². The molecule has 0 fully saturated rings. The highest BCUT2D eigenvalue weighted by molar-refractivity contribution is 9.10. The zero-order valence-corrected chi connectivity index (χ0v) is 12.9. The van der Waals surface area contributed by atoms with E-state index >= 15 is 0 Å². The van der Waals surface area contributed by atoms with Gasteiger partial charge in [0.15, 0.2) is 5.75 Å². The number of nitrogens with one attached hydrogen (secondary N) is 1. The molecule has 0 radical (unpaired) electrons. The molecule has 0 saturated heterocycles. The quantitative estimate of drug-likeness (QED) is 0.841. The fourth-order valence-corrected chi connectivity index (χ4v) is 3.75. The smallest absolute Gasteiger partial charge is 0.244 e. The number of rotatable bonds is 5. The molecule has 1 aromatic carbocycles. The van der Waals surface area contributed by atoms with Gasteiger partial charge >= 0.3 is 0 Å². The van der Waals surface area contributed by atoms with E-state index in [9.17, 15) is 8.42 Å². The fraction of sp³-hybridized carbons (Fsp3) is 0.400. The molecule has 0 bridgehead atoms. The van der Waals surface area contributed by atoms with Crippen LogP contribution in [0.4, 0.5) is 0 Å². The number of hydrogen-bond donors (Lipinski definition) is 2. The van der Waals surface area contributed by atoms with Crippen molar-refractivity contribution in [3.05, 3.63) is 21.6 Å². The van der Waals surface area contributed by atoms with Gasteiger partial charge in [-0.2, -0.15) is 0 Å². The molecule has 2 N–H and O–H groups in total. The van der Waals surface area contributed by atoms with Crippen molar-refractivity contribution in [2.75, 3.05) is 13.7 Å². The number of ether oxygens (including phenoxy) is 1. The first kappa shape index (κ1) is 15.7. The minimum atomic E-state index is -3.79. The normalized spacial score (nSPS) is 13.4. The predicted molar refractivity (Wildman–Crippen MR) is 72.6 cm³/mol. The van der Waals surface area contributed by atoms with Gasteiger partial charge in [-0.05, 0) is 35.0 Å². The molecule has 102 valence electrons. The molecule has 0 amide bonds. The van der Waals surface area contributed by atoms with E-state index < -0.39 is 16.1 Å². The van der Waals surface area contributed by atoms with Crippen molar-refractivity contribution in [1.29, 1.82) is 0 Å². The van der Waals surface area contributed by atoms with E-state index in [2.05, 4.69) is 20.7 Å². The molecular formula is C10H13BrClNO4S. The van der Waals surface area contributed by atoms with E-state index in [1.807, 2.05) is 0 Å². The molecule has 1 atom stereocenters. The summed E-state index contributed by atoms with van der Waals surface area (Å²) in [5.74, 6) is 0.164. The van der Waals surface area contributed by atoms with Gasteiger partial charge in [-0.25, -0.2) is 13.1 Å². The van der Waals surface area contributed by atoms with E-state index in [-0.39, 0.29) is 22.2 Å². The molecule has 0 aliphatic heterocycles. The molecule has 1 aromatic rings. The van der Waals surface area contributed by atoms with Crippen molar-refractivity contribution in [2.24, 2.45) is 0 Å². The van der Waals surface area contributed by atoms with Crippen LogP contribution in [0, 0.1) is 0 Å². The highest BCUT2D eigenvalue weighted by Crippen LogP contribution is 2.35. The summed E-state index contributed by atoms with van der Waals surface area (Å²) in [5.41, 5.74) is 0. The summed E-state index contributed by atoms with van der Waals surface area (Å²) in [6.45, 7) is 1.39. The number of benzene rings is 1. The summed E-state index contributed by atoms with van der Waals surface area (Å²) in [4.78, 5) is -0.0787. The van der Waals surface area contributed by atoms with Crippen LogP contribution >= 0.6 is 27.5 Å². The Kier molecular flexibility index (Phi) is 5.42. The molecule has 0 aromatic heterocycles. The van der Waals surface area contributed by atoms with Crippen molar-refractivity contribution in [3.63, 3.8) is 0 Å². The van der Waals surface area contributed by atoms with Crippen molar-refractivity contribution in [3.8, 4) is 5.75 Å². The second-order valence-electron chi connectivity index (χ2n) is 3.62. The van der Waals surface area contributed by atoms with Crippen molar-refractivity contribution in [1.82, 2.24) is 4.72 Å². The Hall–Kier alpha value is -0.340. The number of halogens is 2. The van der Waals surface area contributed by atoms with Crippen LogP contribution in [-0.4, -0.2) is 33.3 Å². The topological polar surface area (TPSA) is 75.6 Å². The van der Waals surface area contributed by atoms with Gasteiger partial charge < -0.3 is 9.84 Å². The highest BCUT2D eigenvalue weighted by Gasteiger charge is 2.22. The maximum absolute atomic E-state index is 12.0. The zero-order chi connectivity index (χ0) is 13.9. The standard InChI is InChI=1S/C10H13BrClNO4S/c1-6(14)5-13-18(15,16)9-4-7(12)3-8(11)10(9)17-2/h3-4,6,13-14H,5H2,1-2H3/t6-/m0/s1. The molecule has 18 heavy (non-hydrogen) atoms. The van der Waals surface area contributed by atoms with Crippen LogP contribution < -0.4 is 9.46 Å². The average molecular weight is 359 g/mol. The van der Waals surface area contributed by atoms with Crippen molar-refractivity contribution in [2.45, 2.75) is 17.9 Å². The van der Waals surface area contributed by atoms with Gasteiger partial charge in [-0.1, -0.05) is 11.6 Å². The third kappa shape index (κ3) is 3.83. The summed E-state index contributed by atoms with van der Waals surface area (Å²) in [6.07, 6.45) is -0.784. The van der Waals surface area contributed by atoms with Gasteiger partial charge in [-0.15, -0.1) is 0 Å². The number of aliphatic hydroxyl groups excluding tert-OH is 1. The number of methoxy groups -OCH3 is 1. The van der Waals surface area contributed by atoms with Crippen molar-refractivity contribution >= 4 is 37.6 Å². The molecular weight excluding hydrogens is 346 g/mol. The first-order valence-corrected chi connectivity index (χ1v) is 7.64. The maximum atomic E-state index is 12.0. The second kappa shape index (κ2) is 6.21. The molecule has 0 aliphatic rings. The lowest BCUT2D eigenvalue weighted by molar-refractivity contribution is 0.198. The van der Waals surface area contributed by atoms with E-state index in [1.165, 1.54) is 26.2 Å². The number of aliphatic hydroxyl groups is 1. The van der Waals surface area contributed by atoms with Crippen molar-refractivity contribution < 1.29 is 18.3 Å². The molecule has 0 aliphatic carbocycles. The van der Waals surface area contributed by atoms with Crippen LogP contribution in [-0.2, 0) is 10.0 Å². The molecule has 0 unspecified atom stereocenters. The molecule has 5 nitrogen and oxygen atoms in total. The van der Waals surface area contributed by atoms with Gasteiger partial charge in [0.05, 0.1) is 17.7 Å². The monoisotopic (exact) mass is 357 g/mol. The maximum Gasteiger partial charge on any atom is 0.244 e. The SMILES string of the molecule is COc1c(Br)cc(Cl)cc1S(=O)(=O)NC[C@H](C)O. The Labute approximate surface area is 119 Å². The van der Waals surface area contributed by atoms with E-state index in [1.54, 1.807) is 0 Å². The lowest BCUT2D eigenvalue weighted by Crippen LogP contribution is -2.31. The largest absolute Gasteiger partial charge is 0.494 e. The van der Waals surface area contributed by atoms with E-state index in [4.69, 9.17) is 21.4 Å². The lowest BCUT2D eigenvalue weighted by Gasteiger charge is -2.13. The second-order valence-corrected chi connectivity index (χ2v) is 6.65. The van der Waals surface area contributed by atoms with E-state index in [0.717, 1.165) is 0 Å². The zero-order valence-electron chi connectivity index (χ0n) is 9.78. The molecule has 0 saturated carbocycles. The number of sulfonamides is 1. The first-order chi connectivity index (χ1) is 8.27. The molecule has 1 rings (SSSR count). The Morgan fingerprint density at radius 1 is 1.56 bits per heavy atom. The molecule has 0 spiro atoms. The van der Waals surface area contributed by atoms with Crippen LogP contribution in [0.1, 0.15) is 6.92 Å². The third-order valence-electron chi connectivity index (χ3n) is 2.04. The Bertz CT molecular complexity index is 533. The first-order valence-electron chi connectivity index (χ1n) is 4.98. The molecule has 8 heteroatoms. The fourth-order valence-electron chi connectivity index (χ4n) is 1.24. The Balaban J connectivity index is 3.23. The van der Waals surface area contributed by atoms with Crippen LogP contribution in [0.3, 0.4) is 0 Å². The van der Waals surface area contributed by atoms with Crippen LogP contribution in [0.5, 0.6) is 5.75 Å². The summed E-state index contributed by atoms with van der Waals surface area (Å²) in [5, 5.41) is 9.37. The van der Waals surface area contributed by atoms with E-state index in [0.29, 0.717) is 4.47 Å². The minimum absolute atomic E-state index is 0.0787. The Morgan fingerprint density at radius 3 is 2.67 bits per heavy atom. The number of hydrogen-bond acceptors (Lipinski definition) is 4. The lowest BCUT2D eigenvalue weighted by atomic mass is 10.3. The molecule has 0 heterocycles. The summed E-state index contributed by atoms with van der Waals surface area (Å²) in [6, 6.07) is 2.82. The van der Waals surface area contributed by atoms with Crippen LogP contribution in [0.2, 0.25) is 5.02 Å². The average Bonchev–Trinajstić information content (AvgIpc) is 2.25. The van der Waals surface area contributed by atoms with Crippen LogP contribution in [0.25, 0.3) is 0 Å². The van der Waals surface area contributed by atoms with Crippen LogP contribution in [0.15, 0.2) is 21.5 Å². The van der Waals surface area contributed by atoms with Gasteiger partial charge in [0, 0.05) is 11.6 Å². The summed E-state index contributed by atoms with van der Waals surface area (Å²) in [7, 11) is -2.43. The van der Waals surface area contributed by atoms with Gasteiger partial charge in [0.2, 0.25) is 10.0 Å².